The molecule has 34 heavy (non-hydrogen) atoms. The molecule has 0 saturated carbocycles. The van der Waals surface area contributed by atoms with Gasteiger partial charge in [-0.25, -0.2) is 9.18 Å². The number of hydrogen-bond acceptors (Lipinski definition) is 3. The van der Waals surface area contributed by atoms with Crippen molar-refractivity contribution < 1.29 is 13.9 Å². The molecule has 0 atom stereocenters. The molecule has 1 N–H and O–H groups in total. The Morgan fingerprint density at radius 1 is 1.03 bits per heavy atom. The Balaban J connectivity index is 1.35. The van der Waals surface area contributed by atoms with E-state index in [9.17, 15) is 9.18 Å². The van der Waals surface area contributed by atoms with E-state index in [-0.39, 0.29) is 17.3 Å². The molecule has 2 aliphatic rings. The number of anilines is 2. The number of methoxy groups -OCH3 is 1. The molecule has 1 fully saturated rings. The van der Waals surface area contributed by atoms with Crippen molar-refractivity contribution >= 4 is 17.4 Å². The molecule has 3 aromatic rings. The third-order valence-electron chi connectivity index (χ3n) is 7.21. The van der Waals surface area contributed by atoms with Gasteiger partial charge in [0.05, 0.1) is 7.11 Å². The maximum absolute atomic E-state index is 13.3. The molecule has 2 aliphatic heterocycles. The molecule has 0 aromatic heterocycles. The first-order valence-electron chi connectivity index (χ1n) is 11.8. The predicted molar refractivity (Wildman–Crippen MR) is 133 cm³/mol. The van der Waals surface area contributed by atoms with E-state index in [1.165, 1.54) is 17.7 Å². The molecule has 176 valence electrons. The van der Waals surface area contributed by atoms with Crippen LogP contribution in [0.1, 0.15) is 29.5 Å². The van der Waals surface area contributed by atoms with Gasteiger partial charge >= 0.3 is 6.03 Å². The van der Waals surface area contributed by atoms with Crippen molar-refractivity contribution in [1.29, 1.82) is 0 Å². The van der Waals surface area contributed by atoms with E-state index < -0.39 is 0 Å². The summed E-state index contributed by atoms with van der Waals surface area (Å²) in [5, 5.41) is 3.06. The van der Waals surface area contributed by atoms with Gasteiger partial charge in [-0.15, -0.1) is 0 Å². The Bertz CT molecular complexity index is 1170. The number of hydrogen-bond donors (Lipinski definition) is 1. The molecular weight excluding hydrogens is 429 g/mol. The van der Waals surface area contributed by atoms with Crippen LogP contribution in [0.2, 0.25) is 0 Å². The molecular formula is C28H30FN3O2. The summed E-state index contributed by atoms with van der Waals surface area (Å²) >= 11 is 0. The average molecular weight is 460 g/mol. The highest BCUT2D eigenvalue weighted by molar-refractivity contribution is 6.03. The molecule has 3 aromatic carbocycles. The van der Waals surface area contributed by atoms with Gasteiger partial charge in [0.1, 0.15) is 11.6 Å². The van der Waals surface area contributed by atoms with E-state index in [0.717, 1.165) is 60.7 Å². The minimum atomic E-state index is -0.207. The number of fused-ring (bicyclic) bond motifs is 2. The maximum Gasteiger partial charge on any atom is 0.326 e. The Morgan fingerprint density at radius 3 is 2.41 bits per heavy atom. The summed E-state index contributed by atoms with van der Waals surface area (Å²) in [5.74, 6) is 0.606. The van der Waals surface area contributed by atoms with Gasteiger partial charge in [-0.1, -0.05) is 29.8 Å². The molecule has 6 heteroatoms. The van der Waals surface area contributed by atoms with Gasteiger partial charge in [0.15, 0.2) is 0 Å². The molecule has 0 aliphatic carbocycles. The van der Waals surface area contributed by atoms with Gasteiger partial charge < -0.3 is 10.1 Å². The topological polar surface area (TPSA) is 44.8 Å². The molecule has 2 heterocycles. The highest BCUT2D eigenvalue weighted by atomic mass is 19.1. The molecule has 1 saturated heterocycles. The zero-order valence-electron chi connectivity index (χ0n) is 19.7. The molecule has 5 rings (SSSR count). The lowest BCUT2D eigenvalue weighted by atomic mass is 9.74. The molecule has 2 amide bonds. The second-order valence-electron chi connectivity index (χ2n) is 9.45. The van der Waals surface area contributed by atoms with Crippen LogP contribution in [0.25, 0.3) is 0 Å². The number of ether oxygens (including phenoxy) is 1. The Labute approximate surface area is 200 Å². The number of nitrogens with zero attached hydrogens (tertiary/aromatic N) is 2. The standard InChI is InChI=1S/C28H30FN3O2/c1-20-3-9-23(10-4-20)30-27(33)32-19-28(25-17-24(34-2)11-12-26(25)32)13-15-31(16-14-28)18-21-5-7-22(29)8-6-21/h3-12,17H,13-16,18-19H2,1-2H3,(H,30,33). The monoisotopic (exact) mass is 459 g/mol. The van der Waals surface area contributed by atoms with Gasteiger partial charge in [-0.2, -0.15) is 0 Å². The maximum atomic E-state index is 13.3. The van der Waals surface area contributed by atoms with E-state index in [1.54, 1.807) is 7.11 Å². The molecule has 0 unspecified atom stereocenters. The van der Waals surface area contributed by atoms with Crippen LogP contribution in [0.15, 0.2) is 66.7 Å². The predicted octanol–water partition coefficient (Wildman–Crippen LogP) is 5.73. The summed E-state index contributed by atoms with van der Waals surface area (Å²) in [5.41, 5.74) is 5.10. The van der Waals surface area contributed by atoms with Crippen molar-refractivity contribution in [1.82, 2.24) is 4.90 Å². The fourth-order valence-corrected chi connectivity index (χ4v) is 5.20. The SMILES string of the molecule is COc1ccc2c(c1)C1(CCN(Cc3ccc(F)cc3)CC1)CN2C(=O)Nc1ccc(C)cc1. The van der Waals surface area contributed by atoms with Crippen LogP contribution in [0.3, 0.4) is 0 Å². The lowest BCUT2D eigenvalue weighted by Gasteiger charge is -2.40. The summed E-state index contributed by atoms with van der Waals surface area (Å²) in [7, 11) is 1.68. The van der Waals surface area contributed by atoms with E-state index in [2.05, 4.69) is 16.3 Å². The van der Waals surface area contributed by atoms with Crippen LogP contribution in [-0.4, -0.2) is 37.7 Å². The first kappa shape index (κ1) is 22.4. The number of piperidine rings is 1. The number of carbonyl (C=O) groups is 1. The van der Waals surface area contributed by atoms with E-state index in [0.29, 0.717) is 6.54 Å². The summed E-state index contributed by atoms with van der Waals surface area (Å²) in [4.78, 5) is 17.6. The highest BCUT2D eigenvalue weighted by Crippen LogP contribution is 2.48. The first-order valence-corrected chi connectivity index (χ1v) is 11.8. The molecule has 5 nitrogen and oxygen atoms in total. The first-order chi connectivity index (χ1) is 16.5. The minimum Gasteiger partial charge on any atom is -0.497 e. The van der Waals surface area contributed by atoms with Gasteiger partial charge in [0.2, 0.25) is 0 Å². The number of amides is 2. The zero-order chi connectivity index (χ0) is 23.7. The Kier molecular flexibility index (Phi) is 6.00. The number of nitrogens with one attached hydrogen (secondary N) is 1. The fourth-order valence-electron chi connectivity index (χ4n) is 5.20. The molecule has 0 radical (unpaired) electrons. The number of halogens is 1. The smallest absolute Gasteiger partial charge is 0.326 e. The van der Waals surface area contributed by atoms with Crippen LogP contribution in [-0.2, 0) is 12.0 Å². The highest BCUT2D eigenvalue weighted by Gasteiger charge is 2.46. The van der Waals surface area contributed by atoms with Crippen LogP contribution in [0.5, 0.6) is 5.75 Å². The summed E-state index contributed by atoms with van der Waals surface area (Å²) < 4.78 is 18.8. The van der Waals surface area contributed by atoms with Crippen molar-refractivity contribution in [3.63, 3.8) is 0 Å². The number of rotatable bonds is 4. The second-order valence-corrected chi connectivity index (χ2v) is 9.45. The summed E-state index contributed by atoms with van der Waals surface area (Å²) in [6, 6.07) is 20.5. The quantitative estimate of drug-likeness (QED) is 0.542. The third-order valence-corrected chi connectivity index (χ3v) is 7.21. The minimum absolute atomic E-state index is 0.103. The zero-order valence-corrected chi connectivity index (χ0v) is 19.7. The number of urea groups is 1. The average Bonchev–Trinajstić information content (AvgIpc) is 3.17. The van der Waals surface area contributed by atoms with E-state index >= 15 is 0 Å². The summed E-state index contributed by atoms with van der Waals surface area (Å²) in [6.45, 7) is 5.32. The third kappa shape index (κ3) is 4.38. The van der Waals surface area contributed by atoms with E-state index in [4.69, 9.17) is 4.74 Å². The van der Waals surface area contributed by atoms with Crippen molar-refractivity contribution in [3.8, 4) is 5.75 Å². The van der Waals surface area contributed by atoms with Gasteiger partial charge in [0.25, 0.3) is 0 Å². The Hall–Kier alpha value is -3.38. The number of carbonyl (C=O) groups excluding carboxylic acids is 1. The van der Waals surface area contributed by atoms with Gasteiger partial charge in [0, 0.05) is 29.9 Å². The van der Waals surface area contributed by atoms with Crippen molar-refractivity contribution in [2.75, 3.05) is 37.0 Å². The summed E-state index contributed by atoms with van der Waals surface area (Å²) in [6.07, 6.45) is 1.89. The fraction of sp³-hybridized carbons (Fsp3) is 0.321. The Morgan fingerprint density at radius 2 is 1.74 bits per heavy atom. The number of aryl methyl sites for hydroxylation is 1. The molecule has 1 spiro atoms. The van der Waals surface area contributed by atoms with Gasteiger partial charge in [-0.3, -0.25) is 9.80 Å². The lowest BCUT2D eigenvalue weighted by molar-refractivity contribution is 0.160. The van der Waals surface area contributed by atoms with E-state index in [1.807, 2.05) is 60.4 Å². The second kappa shape index (κ2) is 9.11. The van der Waals surface area contributed by atoms with Crippen LogP contribution >= 0.6 is 0 Å². The number of benzene rings is 3. The van der Waals surface area contributed by atoms with Crippen LogP contribution in [0, 0.1) is 12.7 Å². The largest absolute Gasteiger partial charge is 0.497 e. The van der Waals surface area contributed by atoms with Crippen LogP contribution in [0.4, 0.5) is 20.6 Å². The van der Waals surface area contributed by atoms with Crippen LogP contribution < -0.4 is 15.0 Å². The van der Waals surface area contributed by atoms with Gasteiger partial charge in [-0.05, 0) is 86.4 Å². The molecule has 0 bridgehead atoms. The number of likely N-dealkylation sites (tertiary alicyclic amines) is 1. The van der Waals surface area contributed by atoms with Crippen molar-refractivity contribution in [2.24, 2.45) is 0 Å². The normalized spacial score (nSPS) is 17.0. The lowest BCUT2D eigenvalue weighted by Crippen LogP contribution is -2.46. The van der Waals surface area contributed by atoms with Crippen molar-refractivity contribution in [3.05, 3.63) is 89.2 Å². The van der Waals surface area contributed by atoms with Crippen molar-refractivity contribution in [2.45, 2.75) is 31.7 Å².